The Morgan fingerprint density at radius 3 is 2.36 bits per heavy atom. The van der Waals surface area contributed by atoms with Crippen LogP contribution in [0.4, 0.5) is 11.4 Å². The average Bonchev–Trinajstić information content (AvgIpc) is 3.09. The summed E-state index contributed by atoms with van der Waals surface area (Å²) in [5.74, 6) is -1.57. The lowest BCUT2D eigenvalue weighted by atomic mass is 9.94. The van der Waals surface area contributed by atoms with Gasteiger partial charge in [0.15, 0.2) is 0 Å². The van der Waals surface area contributed by atoms with Gasteiger partial charge in [-0.25, -0.2) is 0 Å². The van der Waals surface area contributed by atoms with Crippen molar-refractivity contribution in [3.05, 3.63) is 105 Å². The van der Waals surface area contributed by atoms with Crippen molar-refractivity contribution in [2.75, 3.05) is 12.0 Å². The summed E-state index contributed by atoms with van der Waals surface area (Å²) >= 11 is 0. The van der Waals surface area contributed by atoms with E-state index in [2.05, 4.69) is 0 Å². The Hall–Kier alpha value is -4.46. The van der Waals surface area contributed by atoms with Crippen LogP contribution in [0.3, 0.4) is 0 Å². The molecule has 1 aliphatic rings. The van der Waals surface area contributed by atoms with Gasteiger partial charge in [0.2, 0.25) is 0 Å². The molecule has 1 N–H and O–H groups in total. The first-order chi connectivity index (χ1) is 15.8. The van der Waals surface area contributed by atoms with E-state index in [4.69, 9.17) is 4.74 Å². The number of Topliss-reactive ketones (excluding diaryl/α,β-unsaturated/α-hetero) is 1. The summed E-state index contributed by atoms with van der Waals surface area (Å²) in [5, 5.41) is 22.3. The van der Waals surface area contributed by atoms with Crippen molar-refractivity contribution in [2.45, 2.75) is 13.0 Å². The monoisotopic (exact) mass is 444 g/mol. The van der Waals surface area contributed by atoms with E-state index in [1.807, 2.05) is 19.1 Å². The fraction of sp³-hybridized carbons (Fsp3) is 0.120. The average molecular weight is 444 g/mol. The number of anilines is 1. The number of carbonyl (C=O) groups excluding carboxylic acids is 2. The molecule has 1 atom stereocenters. The SMILES string of the molecule is COc1ccc(N2C(=O)C(=O)/C(=C(\O)c3cccc([N+](=O)[O-])c3)C2c2cccc(C)c2)cc1. The number of rotatable bonds is 5. The molecule has 33 heavy (non-hydrogen) atoms. The van der Waals surface area contributed by atoms with Crippen LogP contribution >= 0.6 is 0 Å². The van der Waals surface area contributed by atoms with Crippen molar-refractivity contribution < 1.29 is 24.4 Å². The van der Waals surface area contributed by atoms with Gasteiger partial charge in [0.05, 0.1) is 23.6 Å². The zero-order valence-corrected chi connectivity index (χ0v) is 17.9. The fourth-order valence-electron chi connectivity index (χ4n) is 3.92. The first kappa shape index (κ1) is 21.8. The minimum absolute atomic E-state index is 0.0783. The van der Waals surface area contributed by atoms with Gasteiger partial charge in [0.1, 0.15) is 11.5 Å². The van der Waals surface area contributed by atoms with E-state index in [1.165, 1.54) is 36.3 Å². The zero-order chi connectivity index (χ0) is 23.7. The Kier molecular flexibility index (Phi) is 5.66. The van der Waals surface area contributed by atoms with Gasteiger partial charge in [-0.15, -0.1) is 0 Å². The lowest BCUT2D eigenvalue weighted by Gasteiger charge is -2.25. The predicted octanol–water partition coefficient (Wildman–Crippen LogP) is 4.54. The summed E-state index contributed by atoms with van der Waals surface area (Å²) < 4.78 is 5.18. The first-order valence-electron chi connectivity index (χ1n) is 10.1. The van der Waals surface area contributed by atoms with Crippen LogP contribution in [0.2, 0.25) is 0 Å². The molecule has 0 spiro atoms. The fourth-order valence-corrected chi connectivity index (χ4v) is 3.92. The van der Waals surface area contributed by atoms with Gasteiger partial charge in [0, 0.05) is 23.4 Å². The van der Waals surface area contributed by atoms with Crippen LogP contribution < -0.4 is 9.64 Å². The van der Waals surface area contributed by atoms with E-state index in [9.17, 15) is 24.8 Å². The summed E-state index contributed by atoms with van der Waals surface area (Å²) in [4.78, 5) is 38.2. The number of hydrogen-bond donors (Lipinski definition) is 1. The lowest BCUT2D eigenvalue weighted by molar-refractivity contribution is -0.384. The van der Waals surface area contributed by atoms with Crippen molar-refractivity contribution >= 4 is 28.8 Å². The van der Waals surface area contributed by atoms with E-state index in [-0.39, 0.29) is 16.8 Å². The Labute approximate surface area is 189 Å². The number of ether oxygens (including phenoxy) is 1. The van der Waals surface area contributed by atoms with E-state index >= 15 is 0 Å². The molecule has 0 aliphatic carbocycles. The van der Waals surface area contributed by atoms with Gasteiger partial charge >= 0.3 is 0 Å². The smallest absolute Gasteiger partial charge is 0.300 e. The molecule has 1 amide bonds. The van der Waals surface area contributed by atoms with Gasteiger partial charge in [0.25, 0.3) is 17.4 Å². The Morgan fingerprint density at radius 2 is 1.73 bits per heavy atom. The summed E-state index contributed by atoms with van der Waals surface area (Å²) in [5.41, 5.74) is 1.68. The van der Waals surface area contributed by atoms with E-state index in [1.54, 1.807) is 36.4 Å². The van der Waals surface area contributed by atoms with Crippen molar-refractivity contribution in [3.63, 3.8) is 0 Å². The number of benzene rings is 3. The van der Waals surface area contributed by atoms with E-state index < -0.39 is 28.4 Å². The molecule has 0 radical (unpaired) electrons. The van der Waals surface area contributed by atoms with Crippen molar-refractivity contribution in [1.29, 1.82) is 0 Å². The molecule has 4 rings (SSSR count). The van der Waals surface area contributed by atoms with Crippen LogP contribution in [0.1, 0.15) is 22.7 Å². The zero-order valence-electron chi connectivity index (χ0n) is 17.9. The number of ketones is 1. The van der Waals surface area contributed by atoms with Gasteiger partial charge in [-0.05, 0) is 36.8 Å². The summed E-state index contributed by atoms with van der Waals surface area (Å²) in [6.45, 7) is 1.88. The molecule has 8 nitrogen and oxygen atoms in total. The van der Waals surface area contributed by atoms with Gasteiger partial charge in [-0.1, -0.05) is 42.0 Å². The third-order valence-electron chi connectivity index (χ3n) is 5.48. The molecular formula is C25H20N2O6. The maximum absolute atomic E-state index is 13.1. The number of non-ortho nitro benzene ring substituents is 1. The molecule has 1 heterocycles. The predicted molar refractivity (Wildman–Crippen MR) is 122 cm³/mol. The lowest BCUT2D eigenvalue weighted by Crippen LogP contribution is -2.29. The van der Waals surface area contributed by atoms with Crippen LogP contribution in [0.25, 0.3) is 5.76 Å². The molecule has 1 saturated heterocycles. The Bertz CT molecular complexity index is 1300. The van der Waals surface area contributed by atoms with Gasteiger partial charge < -0.3 is 9.84 Å². The van der Waals surface area contributed by atoms with Crippen LogP contribution in [0.15, 0.2) is 78.4 Å². The number of methoxy groups -OCH3 is 1. The maximum Gasteiger partial charge on any atom is 0.300 e. The molecule has 0 saturated carbocycles. The molecule has 166 valence electrons. The summed E-state index contributed by atoms with van der Waals surface area (Å²) in [7, 11) is 1.52. The van der Waals surface area contributed by atoms with Gasteiger partial charge in [-0.2, -0.15) is 0 Å². The first-order valence-corrected chi connectivity index (χ1v) is 10.1. The summed E-state index contributed by atoms with van der Waals surface area (Å²) in [6, 6.07) is 18.3. The molecule has 1 fully saturated rings. The molecule has 3 aromatic carbocycles. The second kappa shape index (κ2) is 8.58. The summed E-state index contributed by atoms with van der Waals surface area (Å²) in [6.07, 6.45) is 0. The van der Waals surface area contributed by atoms with Crippen LogP contribution in [-0.2, 0) is 9.59 Å². The van der Waals surface area contributed by atoms with E-state index in [0.717, 1.165) is 5.56 Å². The minimum Gasteiger partial charge on any atom is -0.507 e. The number of amides is 1. The van der Waals surface area contributed by atoms with Crippen molar-refractivity contribution in [3.8, 4) is 5.75 Å². The molecule has 0 bridgehead atoms. The molecule has 1 aliphatic heterocycles. The Balaban J connectivity index is 1.94. The highest BCUT2D eigenvalue weighted by Gasteiger charge is 2.47. The second-order valence-corrected chi connectivity index (χ2v) is 7.59. The molecule has 1 unspecified atom stereocenters. The highest BCUT2D eigenvalue weighted by Crippen LogP contribution is 2.42. The number of hydrogen-bond acceptors (Lipinski definition) is 6. The quantitative estimate of drug-likeness (QED) is 0.203. The van der Waals surface area contributed by atoms with Crippen molar-refractivity contribution in [2.24, 2.45) is 0 Å². The van der Waals surface area contributed by atoms with E-state index in [0.29, 0.717) is 17.0 Å². The number of nitro groups is 1. The second-order valence-electron chi connectivity index (χ2n) is 7.59. The number of nitrogens with zero attached hydrogens (tertiary/aromatic N) is 2. The highest BCUT2D eigenvalue weighted by molar-refractivity contribution is 6.51. The normalized spacial score (nSPS) is 17.3. The van der Waals surface area contributed by atoms with Crippen LogP contribution in [0, 0.1) is 17.0 Å². The minimum atomic E-state index is -0.919. The number of carbonyl (C=O) groups is 2. The standard InChI is InChI=1S/C25H20N2O6/c1-15-5-3-6-16(13-15)22-21(23(28)17-7-4-8-19(14-17)27(31)32)24(29)25(30)26(22)18-9-11-20(33-2)12-10-18/h3-14,22,28H,1-2H3/b23-21-. The Morgan fingerprint density at radius 1 is 1.03 bits per heavy atom. The van der Waals surface area contributed by atoms with Crippen LogP contribution in [0.5, 0.6) is 5.75 Å². The number of aliphatic hydroxyl groups is 1. The molecule has 3 aromatic rings. The largest absolute Gasteiger partial charge is 0.507 e. The topological polar surface area (TPSA) is 110 Å². The third-order valence-corrected chi connectivity index (χ3v) is 5.48. The van der Waals surface area contributed by atoms with Crippen molar-refractivity contribution in [1.82, 2.24) is 0 Å². The van der Waals surface area contributed by atoms with Gasteiger partial charge in [-0.3, -0.25) is 24.6 Å². The van der Waals surface area contributed by atoms with Crippen LogP contribution in [-0.4, -0.2) is 28.8 Å². The molecule has 0 aromatic heterocycles. The number of aryl methyl sites for hydroxylation is 1. The number of nitro benzene ring substituents is 1. The number of aliphatic hydroxyl groups excluding tert-OH is 1. The molecule has 8 heteroatoms. The maximum atomic E-state index is 13.1. The highest BCUT2D eigenvalue weighted by atomic mass is 16.6. The molecular weight excluding hydrogens is 424 g/mol. The third kappa shape index (κ3) is 3.94.